The number of guanidine groups is 1. The van der Waals surface area contributed by atoms with E-state index in [2.05, 4.69) is 4.74 Å². The van der Waals surface area contributed by atoms with E-state index in [0.717, 1.165) is 5.96 Å². The van der Waals surface area contributed by atoms with Crippen molar-refractivity contribution in [3.8, 4) is 0 Å². The lowest BCUT2D eigenvalue weighted by molar-refractivity contribution is -0.470. The number of nitrogens with zero attached hydrogens (tertiary/aromatic N) is 2. The van der Waals surface area contributed by atoms with Gasteiger partial charge in [0.05, 0.1) is 28.2 Å². The molecule has 0 heterocycles. The third-order valence-electron chi connectivity index (χ3n) is 1.34. The Morgan fingerprint density at radius 1 is 1.47 bits per heavy atom. The van der Waals surface area contributed by atoms with Crippen LogP contribution in [0.5, 0.6) is 0 Å². The van der Waals surface area contributed by atoms with Crippen LogP contribution in [-0.2, 0) is 4.74 Å². The molecule has 0 fully saturated rings. The fraction of sp³-hybridized carbons (Fsp3) is 0.778. The van der Waals surface area contributed by atoms with E-state index in [4.69, 9.17) is 5.73 Å². The Labute approximate surface area is 90.9 Å². The van der Waals surface area contributed by atoms with E-state index in [-0.39, 0.29) is 6.61 Å². The monoisotopic (exact) mass is 219 g/mol. The smallest absolute Gasteiger partial charge is 0.344 e. The Morgan fingerprint density at radius 2 is 1.93 bits per heavy atom. The second-order valence-electron chi connectivity index (χ2n) is 3.25. The van der Waals surface area contributed by atoms with E-state index in [1.807, 2.05) is 44.6 Å². The maximum absolute atomic E-state index is 9.42. The molecule has 6 nitrogen and oxygen atoms in total. The number of ether oxygens (including phenoxy) is 1. The van der Waals surface area contributed by atoms with Crippen molar-refractivity contribution in [2.45, 2.75) is 13.3 Å². The zero-order valence-electron chi connectivity index (χ0n) is 10.1. The van der Waals surface area contributed by atoms with Gasteiger partial charge in [-0.3, -0.25) is 15.2 Å². The molecule has 0 saturated carbocycles. The van der Waals surface area contributed by atoms with Gasteiger partial charge in [-0.2, -0.15) is 0 Å². The van der Waals surface area contributed by atoms with Crippen molar-refractivity contribution in [1.82, 2.24) is 4.90 Å². The third kappa shape index (κ3) is 12.5. The van der Waals surface area contributed by atoms with Crippen LogP contribution in [0.1, 0.15) is 13.3 Å². The quantitative estimate of drug-likeness (QED) is 0.276. The minimum absolute atomic E-state index is 0.238. The molecule has 0 radical (unpaired) electrons. The topological polar surface area (TPSA) is 81.6 Å². The van der Waals surface area contributed by atoms with Gasteiger partial charge in [-0.1, -0.05) is 6.92 Å². The van der Waals surface area contributed by atoms with Gasteiger partial charge in [-0.15, -0.1) is 0 Å². The Morgan fingerprint density at radius 3 is 2.00 bits per heavy atom. The molecule has 0 aliphatic heterocycles. The van der Waals surface area contributed by atoms with E-state index in [1.165, 1.54) is 0 Å². The zero-order chi connectivity index (χ0) is 12.4. The van der Waals surface area contributed by atoms with Gasteiger partial charge in [0, 0.05) is 6.61 Å². The van der Waals surface area contributed by atoms with Gasteiger partial charge < -0.3 is 14.6 Å². The summed E-state index contributed by atoms with van der Waals surface area (Å²) in [6, 6.07) is 0. The van der Waals surface area contributed by atoms with E-state index in [1.54, 1.807) is 0 Å². The predicted octanol–water partition coefficient (Wildman–Crippen LogP) is -1.11. The Bertz CT molecular complexity index is 211. The fourth-order valence-electron chi connectivity index (χ4n) is 0.585. The highest BCUT2D eigenvalue weighted by atomic mass is 16.7. The molecule has 0 aromatic carbocycles. The van der Waals surface area contributed by atoms with Gasteiger partial charge >= 0.3 is 5.96 Å². The van der Waals surface area contributed by atoms with Crippen LogP contribution in [0.15, 0.2) is 0 Å². The molecule has 0 saturated heterocycles. The van der Waals surface area contributed by atoms with Crippen molar-refractivity contribution >= 4 is 12.1 Å². The van der Waals surface area contributed by atoms with Crippen molar-refractivity contribution in [2.24, 2.45) is 5.73 Å². The lowest BCUT2D eigenvalue weighted by Crippen LogP contribution is -2.36. The summed E-state index contributed by atoms with van der Waals surface area (Å²) in [4.78, 5) is 11.3. The second kappa shape index (κ2) is 9.11. The van der Waals surface area contributed by atoms with Gasteiger partial charge in [-0.05, 0) is 6.42 Å². The number of carbonyl (C=O) groups is 1. The summed E-state index contributed by atoms with van der Waals surface area (Å²) >= 11 is 0. The molecule has 0 aliphatic rings. The van der Waals surface area contributed by atoms with Crippen molar-refractivity contribution in [3.05, 3.63) is 0 Å². The van der Waals surface area contributed by atoms with E-state index in [0.29, 0.717) is 6.42 Å². The van der Waals surface area contributed by atoms with Crippen molar-refractivity contribution in [1.29, 1.82) is 0 Å². The minimum Gasteiger partial charge on any atom is -0.550 e. The summed E-state index contributed by atoms with van der Waals surface area (Å²) < 4.78 is 5.86. The summed E-state index contributed by atoms with van der Waals surface area (Å²) in [7, 11) is 7.65. The number of hydrogen-bond acceptors (Lipinski definition) is 3. The van der Waals surface area contributed by atoms with Crippen LogP contribution in [0.25, 0.3) is 0 Å². The van der Waals surface area contributed by atoms with Crippen LogP contribution in [-0.4, -0.2) is 56.4 Å². The molecule has 0 bridgehead atoms. The molecular weight excluding hydrogens is 198 g/mol. The first-order chi connectivity index (χ1) is 6.82. The van der Waals surface area contributed by atoms with Crippen molar-refractivity contribution in [2.75, 3.05) is 34.8 Å². The average molecular weight is 219 g/mol. The zero-order valence-corrected chi connectivity index (χ0v) is 10.1. The molecule has 0 aliphatic carbocycles. The van der Waals surface area contributed by atoms with Crippen molar-refractivity contribution in [3.63, 3.8) is 0 Å². The SMILES string of the molecule is CCCOC(=O)[O-].CN(C)C(N)=[N+](C)C. The normalized spacial score (nSPS) is 8.33. The standard InChI is InChI=1S/C5H13N3.C4H8O3/c1-7(2)5(6)8(3)4;1-2-3-7-4(5)6/h6H,1-4H3;2-3H2,1H3,(H,5,6). The molecule has 0 spiro atoms. The Balaban J connectivity index is 0. The highest BCUT2D eigenvalue weighted by Crippen LogP contribution is 1.76. The molecule has 2 N–H and O–H groups in total. The lowest BCUT2D eigenvalue weighted by Gasteiger charge is -2.04. The van der Waals surface area contributed by atoms with Crippen LogP contribution in [0.3, 0.4) is 0 Å². The molecule has 0 atom stereocenters. The second-order valence-corrected chi connectivity index (χ2v) is 3.25. The lowest BCUT2D eigenvalue weighted by atomic mass is 10.5. The molecule has 15 heavy (non-hydrogen) atoms. The van der Waals surface area contributed by atoms with Crippen LogP contribution in [0, 0.1) is 0 Å². The summed E-state index contributed by atoms with van der Waals surface area (Å²) in [6.45, 7) is 2.06. The van der Waals surface area contributed by atoms with E-state index < -0.39 is 6.16 Å². The van der Waals surface area contributed by atoms with E-state index >= 15 is 0 Å². The number of carboxylic acid groups (broad SMARTS) is 1. The highest BCUT2D eigenvalue weighted by molar-refractivity contribution is 5.72. The molecule has 0 rings (SSSR count). The summed E-state index contributed by atoms with van der Waals surface area (Å²) in [5.41, 5.74) is 5.53. The van der Waals surface area contributed by atoms with Crippen LogP contribution in [0.2, 0.25) is 0 Å². The molecule has 0 aromatic rings. The Kier molecular flexibility index (Phi) is 9.71. The Hall–Kier alpha value is -1.46. The van der Waals surface area contributed by atoms with Crippen LogP contribution >= 0.6 is 0 Å². The maximum atomic E-state index is 9.42. The molecular formula is C9H21N3O3. The number of nitrogens with two attached hydrogens (primary N) is 1. The van der Waals surface area contributed by atoms with Crippen LogP contribution < -0.4 is 10.8 Å². The van der Waals surface area contributed by atoms with Gasteiger partial charge in [0.15, 0.2) is 0 Å². The first kappa shape index (κ1) is 16.0. The van der Waals surface area contributed by atoms with Gasteiger partial charge in [0.25, 0.3) is 6.16 Å². The number of hydrogen-bond donors (Lipinski definition) is 1. The van der Waals surface area contributed by atoms with Crippen LogP contribution in [0.4, 0.5) is 4.79 Å². The van der Waals surface area contributed by atoms with Gasteiger partial charge in [0.1, 0.15) is 0 Å². The van der Waals surface area contributed by atoms with Gasteiger partial charge in [0.2, 0.25) is 0 Å². The number of rotatable bonds is 2. The summed E-state index contributed by atoms with van der Waals surface area (Å²) in [6.07, 6.45) is -0.740. The minimum atomic E-state index is -1.44. The van der Waals surface area contributed by atoms with E-state index in [9.17, 15) is 9.90 Å². The number of carbonyl (C=O) groups excluding carboxylic acids is 1. The highest BCUT2D eigenvalue weighted by Gasteiger charge is 2.00. The summed E-state index contributed by atoms with van der Waals surface area (Å²) in [5, 5.41) is 9.42. The largest absolute Gasteiger partial charge is 0.550 e. The molecule has 0 aromatic heterocycles. The average Bonchev–Trinajstić information content (AvgIpc) is 2.14. The maximum Gasteiger partial charge on any atom is 0.344 e. The van der Waals surface area contributed by atoms with Crippen molar-refractivity contribution < 1.29 is 19.2 Å². The molecule has 0 amide bonds. The first-order valence-corrected chi connectivity index (χ1v) is 4.63. The fourth-order valence-corrected chi connectivity index (χ4v) is 0.585. The third-order valence-corrected chi connectivity index (χ3v) is 1.34. The summed E-state index contributed by atoms with van der Waals surface area (Å²) in [5.74, 6) is 0.769. The predicted molar refractivity (Wildman–Crippen MR) is 56.6 cm³/mol. The molecule has 6 heteroatoms. The first-order valence-electron chi connectivity index (χ1n) is 4.63. The molecule has 0 unspecified atom stereocenters. The van der Waals surface area contributed by atoms with Gasteiger partial charge in [-0.25, -0.2) is 0 Å². The molecule has 90 valence electrons.